The predicted octanol–water partition coefficient (Wildman–Crippen LogP) is 3.33. The molecule has 1 heterocycles. The maximum absolute atomic E-state index is 12.0. The maximum atomic E-state index is 12.0. The van der Waals surface area contributed by atoms with Gasteiger partial charge in [0.2, 0.25) is 5.91 Å². The number of halogens is 1. The highest BCUT2D eigenvalue weighted by molar-refractivity contribution is 9.10. The zero-order valence-electron chi connectivity index (χ0n) is 12.4. The summed E-state index contributed by atoms with van der Waals surface area (Å²) in [5.41, 5.74) is 1.35. The lowest BCUT2D eigenvalue weighted by Gasteiger charge is -2.34. The van der Waals surface area contributed by atoms with Gasteiger partial charge in [-0.2, -0.15) is 0 Å². The molecule has 0 aromatic heterocycles. The number of carbonyl (C=O) groups excluding carboxylic acids is 1. The summed E-state index contributed by atoms with van der Waals surface area (Å²) in [6.07, 6.45) is 5.56. The molecule has 1 saturated carbocycles. The molecule has 0 spiro atoms. The summed E-state index contributed by atoms with van der Waals surface area (Å²) < 4.78 is 1.14. The highest BCUT2D eigenvalue weighted by Crippen LogP contribution is 2.27. The van der Waals surface area contributed by atoms with Gasteiger partial charge in [-0.25, -0.2) is 0 Å². The quantitative estimate of drug-likeness (QED) is 0.903. The zero-order chi connectivity index (χ0) is 14.7. The Bertz CT molecular complexity index is 493. The van der Waals surface area contributed by atoms with E-state index in [-0.39, 0.29) is 0 Å². The van der Waals surface area contributed by atoms with E-state index >= 15 is 0 Å². The number of benzene rings is 1. The minimum atomic E-state index is 0.298. The van der Waals surface area contributed by atoms with Crippen molar-refractivity contribution in [2.24, 2.45) is 5.92 Å². The lowest BCUT2D eigenvalue weighted by atomic mass is 9.84. The van der Waals surface area contributed by atoms with Crippen molar-refractivity contribution in [3.05, 3.63) is 34.3 Å². The van der Waals surface area contributed by atoms with Crippen molar-refractivity contribution >= 4 is 21.8 Å². The Balaban J connectivity index is 1.43. The highest BCUT2D eigenvalue weighted by Gasteiger charge is 2.28. The summed E-state index contributed by atoms with van der Waals surface area (Å²) in [6, 6.07) is 8.90. The van der Waals surface area contributed by atoms with Crippen LogP contribution in [0.1, 0.15) is 37.7 Å². The Kier molecular flexibility index (Phi) is 4.96. The van der Waals surface area contributed by atoms with E-state index in [1.54, 1.807) is 0 Å². The molecule has 1 saturated heterocycles. The van der Waals surface area contributed by atoms with Crippen LogP contribution in [0.4, 0.5) is 0 Å². The van der Waals surface area contributed by atoms with Gasteiger partial charge in [0.15, 0.2) is 0 Å². The van der Waals surface area contributed by atoms with Gasteiger partial charge in [-0.1, -0.05) is 34.5 Å². The van der Waals surface area contributed by atoms with Gasteiger partial charge in [-0.05, 0) is 43.4 Å². The molecular weight excluding hydrogens is 328 g/mol. The number of hydrogen-bond donors (Lipinski definition) is 1. The van der Waals surface area contributed by atoms with E-state index in [9.17, 15) is 4.79 Å². The minimum Gasteiger partial charge on any atom is -0.353 e. The summed E-state index contributed by atoms with van der Waals surface area (Å²) in [4.78, 5) is 14.5. The first-order valence-corrected chi connectivity index (χ1v) is 8.77. The van der Waals surface area contributed by atoms with Crippen LogP contribution in [0.2, 0.25) is 0 Å². The largest absolute Gasteiger partial charge is 0.353 e. The minimum absolute atomic E-state index is 0.298. The third kappa shape index (κ3) is 4.07. The van der Waals surface area contributed by atoms with Crippen molar-refractivity contribution in [3.8, 4) is 0 Å². The maximum Gasteiger partial charge on any atom is 0.223 e. The lowest BCUT2D eigenvalue weighted by molar-refractivity contribution is -0.128. The van der Waals surface area contributed by atoms with Crippen molar-refractivity contribution in [1.82, 2.24) is 10.2 Å². The van der Waals surface area contributed by atoms with Crippen LogP contribution < -0.4 is 5.32 Å². The van der Waals surface area contributed by atoms with Crippen molar-refractivity contribution in [2.75, 3.05) is 13.1 Å². The molecule has 1 amide bonds. The second-order valence-corrected chi connectivity index (χ2v) is 7.23. The Hall–Kier alpha value is -0.870. The number of hydrogen-bond acceptors (Lipinski definition) is 2. The zero-order valence-corrected chi connectivity index (χ0v) is 13.9. The Morgan fingerprint density at radius 3 is 2.62 bits per heavy atom. The van der Waals surface area contributed by atoms with E-state index in [4.69, 9.17) is 0 Å². The Morgan fingerprint density at radius 2 is 2.00 bits per heavy atom. The van der Waals surface area contributed by atoms with Crippen LogP contribution in [0.5, 0.6) is 0 Å². The summed E-state index contributed by atoms with van der Waals surface area (Å²) in [5, 5.41) is 3.24. The fraction of sp³-hybridized carbons (Fsp3) is 0.588. The molecular formula is C17H23BrN2O. The molecule has 0 bridgehead atoms. The van der Waals surface area contributed by atoms with Gasteiger partial charge in [0.1, 0.15) is 0 Å². The van der Waals surface area contributed by atoms with Crippen LogP contribution in [0.3, 0.4) is 0 Å². The number of amides is 1. The molecule has 1 aliphatic heterocycles. The van der Waals surface area contributed by atoms with Crippen molar-refractivity contribution in [2.45, 2.75) is 44.7 Å². The van der Waals surface area contributed by atoms with E-state index in [0.29, 0.717) is 17.9 Å². The molecule has 0 radical (unpaired) electrons. The van der Waals surface area contributed by atoms with E-state index in [1.807, 2.05) is 0 Å². The fourth-order valence-corrected chi connectivity index (χ4v) is 3.57. The molecule has 4 heteroatoms. The van der Waals surface area contributed by atoms with Crippen molar-refractivity contribution in [3.63, 3.8) is 0 Å². The van der Waals surface area contributed by atoms with Crippen molar-refractivity contribution in [1.29, 1.82) is 0 Å². The van der Waals surface area contributed by atoms with Gasteiger partial charge < -0.3 is 5.32 Å². The molecule has 1 aromatic carbocycles. The smallest absolute Gasteiger partial charge is 0.223 e. The average molecular weight is 351 g/mol. The second kappa shape index (κ2) is 6.93. The topological polar surface area (TPSA) is 32.3 Å². The van der Waals surface area contributed by atoms with Crippen molar-refractivity contribution < 1.29 is 4.79 Å². The van der Waals surface area contributed by atoms with E-state index in [1.165, 1.54) is 12.0 Å². The normalized spacial score (nSPS) is 21.0. The molecule has 2 fully saturated rings. The first kappa shape index (κ1) is 15.0. The number of likely N-dealkylation sites (tertiary alicyclic amines) is 1. The van der Waals surface area contributed by atoms with Crippen LogP contribution in [-0.2, 0) is 11.3 Å². The number of piperidine rings is 1. The van der Waals surface area contributed by atoms with Gasteiger partial charge in [-0.15, -0.1) is 0 Å². The predicted molar refractivity (Wildman–Crippen MR) is 87.9 cm³/mol. The van der Waals surface area contributed by atoms with Crippen LogP contribution in [-0.4, -0.2) is 29.9 Å². The summed E-state index contributed by atoms with van der Waals surface area (Å²) in [7, 11) is 0. The van der Waals surface area contributed by atoms with Crippen LogP contribution in [0.25, 0.3) is 0 Å². The van der Waals surface area contributed by atoms with Crippen LogP contribution in [0.15, 0.2) is 28.7 Å². The van der Waals surface area contributed by atoms with Gasteiger partial charge >= 0.3 is 0 Å². The van der Waals surface area contributed by atoms with Gasteiger partial charge in [0, 0.05) is 36.1 Å². The van der Waals surface area contributed by atoms with E-state index < -0.39 is 0 Å². The summed E-state index contributed by atoms with van der Waals surface area (Å²) >= 11 is 3.52. The number of nitrogens with one attached hydrogen (secondary N) is 1. The van der Waals surface area contributed by atoms with E-state index in [0.717, 1.165) is 49.8 Å². The van der Waals surface area contributed by atoms with Gasteiger partial charge in [0.05, 0.1) is 0 Å². The van der Waals surface area contributed by atoms with Crippen LogP contribution in [0, 0.1) is 5.92 Å². The second-order valence-electron chi connectivity index (χ2n) is 6.32. The third-order valence-electron chi connectivity index (χ3n) is 4.71. The Morgan fingerprint density at radius 1 is 1.24 bits per heavy atom. The van der Waals surface area contributed by atoms with E-state index in [2.05, 4.69) is 50.4 Å². The molecule has 0 unspecified atom stereocenters. The highest BCUT2D eigenvalue weighted by atomic mass is 79.9. The Labute approximate surface area is 135 Å². The number of nitrogens with zero attached hydrogens (tertiary/aromatic N) is 1. The van der Waals surface area contributed by atoms with Gasteiger partial charge in [-0.3, -0.25) is 9.69 Å². The standard InChI is InChI=1S/C17H23BrN2O/c18-15-6-1-3-13(11-15)12-20-9-7-16(8-10-20)19-17(21)14-4-2-5-14/h1,3,6,11,14,16H,2,4-5,7-10,12H2,(H,19,21). The van der Waals surface area contributed by atoms with Crippen LogP contribution >= 0.6 is 15.9 Å². The molecule has 1 N–H and O–H groups in total. The third-order valence-corrected chi connectivity index (χ3v) is 5.20. The average Bonchev–Trinajstić information content (AvgIpc) is 2.39. The molecule has 1 aliphatic carbocycles. The first-order chi connectivity index (χ1) is 10.2. The molecule has 114 valence electrons. The lowest BCUT2D eigenvalue weighted by Crippen LogP contribution is -2.47. The first-order valence-electron chi connectivity index (χ1n) is 7.98. The molecule has 0 atom stereocenters. The number of rotatable bonds is 4. The molecule has 3 nitrogen and oxygen atoms in total. The summed E-state index contributed by atoms with van der Waals surface area (Å²) in [6.45, 7) is 3.15. The summed E-state index contributed by atoms with van der Waals surface area (Å²) in [5.74, 6) is 0.608. The number of carbonyl (C=O) groups is 1. The molecule has 3 rings (SSSR count). The monoisotopic (exact) mass is 350 g/mol. The fourth-order valence-electron chi connectivity index (χ4n) is 3.12. The molecule has 1 aromatic rings. The molecule has 2 aliphatic rings. The van der Waals surface area contributed by atoms with Gasteiger partial charge in [0.25, 0.3) is 0 Å². The SMILES string of the molecule is O=C(NC1CCN(Cc2cccc(Br)c2)CC1)C1CCC1. The molecule has 21 heavy (non-hydrogen) atoms.